The second-order valence-corrected chi connectivity index (χ2v) is 6.10. The Morgan fingerprint density at radius 1 is 1.20 bits per heavy atom. The van der Waals surface area contributed by atoms with Crippen molar-refractivity contribution in [1.29, 1.82) is 0 Å². The summed E-state index contributed by atoms with van der Waals surface area (Å²) in [5.41, 5.74) is 3.50. The Morgan fingerprint density at radius 2 is 1.95 bits per heavy atom. The van der Waals surface area contributed by atoms with Crippen LogP contribution in [0.25, 0.3) is 11.0 Å². The lowest BCUT2D eigenvalue weighted by Crippen LogP contribution is -2.09. The van der Waals surface area contributed by atoms with Gasteiger partial charge >= 0.3 is 0 Å². The highest BCUT2D eigenvalue weighted by Gasteiger charge is 2.15. The van der Waals surface area contributed by atoms with Crippen molar-refractivity contribution in [2.45, 2.75) is 19.4 Å². The lowest BCUT2D eigenvalue weighted by molar-refractivity contribution is 0.575. The summed E-state index contributed by atoms with van der Waals surface area (Å²) >= 11 is 9.03. The van der Waals surface area contributed by atoms with Gasteiger partial charge in [-0.2, -0.15) is 0 Å². The summed E-state index contributed by atoms with van der Waals surface area (Å²) in [6.07, 6.45) is 1.00. The molecule has 1 atom stereocenters. The van der Waals surface area contributed by atoms with E-state index in [9.17, 15) is 0 Å². The van der Waals surface area contributed by atoms with E-state index < -0.39 is 0 Å². The van der Waals surface area contributed by atoms with Crippen molar-refractivity contribution in [3.8, 4) is 0 Å². The summed E-state index contributed by atoms with van der Waals surface area (Å²) in [7, 11) is 0. The summed E-state index contributed by atoms with van der Waals surface area (Å²) in [5.74, 6) is 0. The van der Waals surface area contributed by atoms with Crippen LogP contribution in [-0.4, -0.2) is 9.55 Å². The van der Waals surface area contributed by atoms with Gasteiger partial charge in [0, 0.05) is 4.47 Å². The number of H-pyrrole nitrogens is 1. The first-order valence-electron chi connectivity index (χ1n) is 6.65. The van der Waals surface area contributed by atoms with Crippen LogP contribution in [0.1, 0.15) is 24.9 Å². The number of nitrogens with one attached hydrogen (secondary N) is 1. The molecule has 0 aliphatic heterocycles. The van der Waals surface area contributed by atoms with Crippen LogP contribution in [0.5, 0.6) is 0 Å². The number of aromatic nitrogens is 2. The van der Waals surface area contributed by atoms with Crippen LogP contribution in [0.4, 0.5) is 0 Å². The van der Waals surface area contributed by atoms with Gasteiger partial charge in [0.1, 0.15) is 0 Å². The van der Waals surface area contributed by atoms with Crippen molar-refractivity contribution >= 4 is 39.2 Å². The van der Waals surface area contributed by atoms with Gasteiger partial charge in [0.05, 0.1) is 17.1 Å². The molecule has 0 amide bonds. The average molecular weight is 347 g/mol. The Bertz CT molecular complexity index is 789. The van der Waals surface area contributed by atoms with Gasteiger partial charge in [-0.05, 0) is 42.4 Å². The number of aromatic amines is 1. The maximum atomic E-state index is 5.53. The quantitative estimate of drug-likeness (QED) is 0.624. The summed E-state index contributed by atoms with van der Waals surface area (Å²) in [4.78, 5) is 3.30. The van der Waals surface area contributed by atoms with Crippen LogP contribution in [-0.2, 0) is 0 Å². The second kappa shape index (κ2) is 5.54. The van der Waals surface area contributed by atoms with Gasteiger partial charge < -0.3 is 9.55 Å². The van der Waals surface area contributed by atoms with Gasteiger partial charge in [-0.3, -0.25) is 0 Å². The predicted molar refractivity (Wildman–Crippen MR) is 89.7 cm³/mol. The molecule has 0 radical (unpaired) electrons. The lowest BCUT2D eigenvalue weighted by atomic mass is 10.0. The van der Waals surface area contributed by atoms with Crippen molar-refractivity contribution < 1.29 is 0 Å². The topological polar surface area (TPSA) is 20.7 Å². The molecule has 0 spiro atoms. The molecule has 102 valence electrons. The Hall–Kier alpha value is -1.39. The van der Waals surface area contributed by atoms with E-state index in [1.807, 2.05) is 6.07 Å². The standard InChI is InChI=1S/C16H15BrN2S/c1-2-14(11-6-4-3-5-7-11)19-15-9-8-12(17)10-13(15)18-16(19)20/h3-10,14H,2H2,1H3,(H,18,20). The highest BCUT2D eigenvalue weighted by atomic mass is 79.9. The largest absolute Gasteiger partial charge is 0.331 e. The molecule has 1 unspecified atom stereocenters. The van der Waals surface area contributed by atoms with Crippen molar-refractivity contribution in [2.24, 2.45) is 0 Å². The number of nitrogens with zero attached hydrogens (tertiary/aromatic N) is 1. The molecule has 2 nitrogen and oxygen atoms in total. The number of hydrogen-bond donors (Lipinski definition) is 1. The number of rotatable bonds is 3. The highest BCUT2D eigenvalue weighted by Crippen LogP contribution is 2.28. The summed E-state index contributed by atoms with van der Waals surface area (Å²) in [5, 5.41) is 0. The first kappa shape index (κ1) is 13.6. The maximum Gasteiger partial charge on any atom is 0.178 e. The smallest absolute Gasteiger partial charge is 0.178 e. The summed E-state index contributed by atoms with van der Waals surface area (Å²) in [6, 6.07) is 17.0. The van der Waals surface area contributed by atoms with Gasteiger partial charge in [-0.25, -0.2) is 0 Å². The molecule has 1 aromatic heterocycles. The molecule has 2 aromatic carbocycles. The Morgan fingerprint density at radius 3 is 2.65 bits per heavy atom. The SMILES string of the molecule is CCC(c1ccccc1)n1c(=S)[nH]c2cc(Br)ccc21. The Balaban J connectivity index is 2.22. The fourth-order valence-electron chi connectivity index (χ4n) is 2.66. The molecule has 0 aliphatic rings. The molecular formula is C16H15BrN2S. The first-order valence-corrected chi connectivity index (χ1v) is 7.85. The molecule has 1 N–H and O–H groups in total. The third kappa shape index (κ3) is 2.34. The molecule has 0 saturated carbocycles. The fourth-order valence-corrected chi connectivity index (χ4v) is 3.35. The maximum absolute atomic E-state index is 5.53. The molecule has 0 fully saturated rings. The number of fused-ring (bicyclic) bond motifs is 1. The van der Waals surface area contributed by atoms with Crippen LogP contribution >= 0.6 is 28.1 Å². The van der Waals surface area contributed by atoms with E-state index >= 15 is 0 Å². The molecule has 3 rings (SSSR count). The van der Waals surface area contributed by atoms with Crippen molar-refractivity contribution in [3.05, 3.63) is 63.3 Å². The van der Waals surface area contributed by atoms with Gasteiger partial charge in [0.15, 0.2) is 4.77 Å². The number of hydrogen-bond acceptors (Lipinski definition) is 1. The van der Waals surface area contributed by atoms with Crippen LogP contribution in [0.15, 0.2) is 53.0 Å². The fraction of sp³-hybridized carbons (Fsp3) is 0.188. The first-order chi connectivity index (χ1) is 9.70. The number of halogens is 1. The minimum absolute atomic E-state index is 0.263. The van der Waals surface area contributed by atoms with E-state index in [2.05, 4.69) is 74.9 Å². The van der Waals surface area contributed by atoms with E-state index in [1.165, 1.54) is 5.56 Å². The van der Waals surface area contributed by atoms with Crippen molar-refractivity contribution in [2.75, 3.05) is 0 Å². The Kier molecular flexibility index (Phi) is 3.76. The zero-order chi connectivity index (χ0) is 14.1. The van der Waals surface area contributed by atoms with E-state index in [0.717, 1.165) is 26.7 Å². The molecule has 1 heterocycles. The van der Waals surface area contributed by atoms with Crippen LogP contribution in [0, 0.1) is 4.77 Å². The third-order valence-corrected chi connectivity index (χ3v) is 4.35. The molecule has 0 bridgehead atoms. The average Bonchev–Trinajstić information content (AvgIpc) is 2.77. The van der Waals surface area contributed by atoms with Crippen molar-refractivity contribution in [3.63, 3.8) is 0 Å². The molecular weight excluding hydrogens is 332 g/mol. The van der Waals surface area contributed by atoms with Crippen LogP contribution in [0.3, 0.4) is 0 Å². The van der Waals surface area contributed by atoms with Crippen LogP contribution in [0.2, 0.25) is 0 Å². The minimum atomic E-state index is 0.263. The van der Waals surface area contributed by atoms with Crippen molar-refractivity contribution in [1.82, 2.24) is 9.55 Å². The van der Waals surface area contributed by atoms with E-state index in [1.54, 1.807) is 0 Å². The zero-order valence-electron chi connectivity index (χ0n) is 11.1. The monoisotopic (exact) mass is 346 g/mol. The van der Waals surface area contributed by atoms with E-state index in [0.29, 0.717) is 0 Å². The summed E-state index contributed by atoms with van der Waals surface area (Å²) < 4.78 is 4.04. The predicted octanol–water partition coefficient (Wildman–Crippen LogP) is 5.46. The number of benzene rings is 2. The Labute approximate surface area is 131 Å². The zero-order valence-corrected chi connectivity index (χ0v) is 13.5. The summed E-state index contributed by atoms with van der Waals surface area (Å²) in [6.45, 7) is 2.19. The molecule has 0 saturated heterocycles. The third-order valence-electron chi connectivity index (χ3n) is 3.56. The molecule has 3 aromatic rings. The van der Waals surface area contributed by atoms with Gasteiger partial charge in [-0.15, -0.1) is 0 Å². The minimum Gasteiger partial charge on any atom is -0.331 e. The van der Waals surface area contributed by atoms with Gasteiger partial charge in [-0.1, -0.05) is 53.2 Å². The van der Waals surface area contributed by atoms with Gasteiger partial charge in [0.25, 0.3) is 0 Å². The molecule has 20 heavy (non-hydrogen) atoms. The van der Waals surface area contributed by atoms with Crippen LogP contribution < -0.4 is 0 Å². The normalized spacial score (nSPS) is 12.7. The second-order valence-electron chi connectivity index (χ2n) is 4.80. The lowest BCUT2D eigenvalue weighted by Gasteiger charge is -2.18. The number of imidazole rings is 1. The van der Waals surface area contributed by atoms with E-state index in [-0.39, 0.29) is 6.04 Å². The molecule has 0 aliphatic carbocycles. The van der Waals surface area contributed by atoms with Gasteiger partial charge in [0.2, 0.25) is 0 Å². The highest BCUT2D eigenvalue weighted by molar-refractivity contribution is 9.10. The van der Waals surface area contributed by atoms with E-state index in [4.69, 9.17) is 12.2 Å². The molecule has 4 heteroatoms.